The second-order valence-electron chi connectivity index (χ2n) is 4.68. The zero-order chi connectivity index (χ0) is 15.6. The highest BCUT2D eigenvalue weighted by molar-refractivity contribution is 7.91. The highest BCUT2D eigenvalue weighted by Gasteiger charge is 2.23. The molecule has 3 nitrogen and oxygen atoms in total. The lowest BCUT2D eigenvalue weighted by molar-refractivity contribution is 0.593. The van der Waals surface area contributed by atoms with Crippen molar-refractivity contribution in [3.05, 3.63) is 77.9 Å². The summed E-state index contributed by atoms with van der Waals surface area (Å²) in [4.78, 5) is 4.32. The summed E-state index contributed by atoms with van der Waals surface area (Å²) >= 11 is 6.01. The molecule has 2 aromatic carbocycles. The maximum absolute atomic E-state index is 12.8. The molecule has 0 saturated carbocycles. The highest BCUT2D eigenvalue weighted by atomic mass is 35.5. The Morgan fingerprint density at radius 1 is 0.864 bits per heavy atom. The van der Waals surface area contributed by atoms with Gasteiger partial charge >= 0.3 is 0 Å². The number of aromatic nitrogens is 1. The molecule has 0 aliphatic rings. The molecule has 0 aliphatic heterocycles. The molecule has 0 N–H and O–H groups in total. The second kappa shape index (κ2) is 5.91. The molecule has 0 spiro atoms. The van der Waals surface area contributed by atoms with Gasteiger partial charge in [0, 0.05) is 16.8 Å². The van der Waals surface area contributed by atoms with Crippen LogP contribution in [0.2, 0.25) is 5.02 Å². The summed E-state index contributed by atoms with van der Waals surface area (Å²) in [6.07, 6.45) is 1.48. The van der Waals surface area contributed by atoms with E-state index in [4.69, 9.17) is 11.6 Å². The first kappa shape index (κ1) is 14.8. The standard InChI is InChI=1S/C17H12ClNO2S/c18-14-7-4-6-13(12-14)16-10-5-11-19-17(16)22(20,21)15-8-2-1-3-9-15/h1-12H. The zero-order valence-corrected chi connectivity index (χ0v) is 13.1. The van der Waals surface area contributed by atoms with E-state index in [-0.39, 0.29) is 9.92 Å². The van der Waals surface area contributed by atoms with Gasteiger partial charge in [-0.2, -0.15) is 0 Å². The fourth-order valence-corrected chi connectivity index (χ4v) is 3.80. The summed E-state index contributed by atoms with van der Waals surface area (Å²) < 4.78 is 25.6. The molecule has 0 saturated heterocycles. The SMILES string of the molecule is O=S(=O)(c1ccccc1)c1ncccc1-c1cccc(Cl)c1. The molecule has 0 bridgehead atoms. The van der Waals surface area contributed by atoms with Gasteiger partial charge in [0.05, 0.1) is 4.90 Å². The molecule has 22 heavy (non-hydrogen) atoms. The summed E-state index contributed by atoms with van der Waals surface area (Å²) in [5.74, 6) is 0. The van der Waals surface area contributed by atoms with Crippen LogP contribution in [-0.2, 0) is 9.84 Å². The number of hydrogen-bond acceptors (Lipinski definition) is 3. The monoisotopic (exact) mass is 329 g/mol. The summed E-state index contributed by atoms with van der Waals surface area (Å²) in [5.41, 5.74) is 1.25. The maximum atomic E-state index is 12.8. The third kappa shape index (κ3) is 2.75. The molecule has 0 radical (unpaired) electrons. The molecule has 0 amide bonds. The van der Waals surface area contributed by atoms with Crippen molar-refractivity contribution in [2.24, 2.45) is 0 Å². The molecule has 5 heteroatoms. The van der Waals surface area contributed by atoms with Gasteiger partial charge < -0.3 is 0 Å². The van der Waals surface area contributed by atoms with Crippen molar-refractivity contribution in [2.75, 3.05) is 0 Å². The molecule has 0 atom stereocenters. The van der Waals surface area contributed by atoms with Gasteiger partial charge in [-0.05, 0) is 42.0 Å². The summed E-state index contributed by atoms with van der Waals surface area (Å²) in [6, 6.07) is 18.8. The highest BCUT2D eigenvalue weighted by Crippen LogP contribution is 2.30. The Kier molecular flexibility index (Phi) is 3.96. The Hall–Kier alpha value is -2.17. The van der Waals surface area contributed by atoms with Crippen LogP contribution in [0.25, 0.3) is 11.1 Å². The first-order valence-corrected chi connectivity index (χ1v) is 8.46. The molecule has 0 fully saturated rings. The minimum absolute atomic E-state index is 0.0310. The van der Waals surface area contributed by atoms with E-state index in [9.17, 15) is 8.42 Å². The summed E-state index contributed by atoms with van der Waals surface area (Å²) in [6.45, 7) is 0. The van der Waals surface area contributed by atoms with Crippen molar-refractivity contribution in [1.29, 1.82) is 0 Å². The predicted molar refractivity (Wildman–Crippen MR) is 86.6 cm³/mol. The van der Waals surface area contributed by atoms with Gasteiger partial charge in [-0.15, -0.1) is 0 Å². The number of halogens is 1. The topological polar surface area (TPSA) is 47.0 Å². The average Bonchev–Trinajstić information content (AvgIpc) is 2.56. The third-order valence-corrected chi connectivity index (χ3v) is 5.18. The minimum atomic E-state index is -3.68. The van der Waals surface area contributed by atoms with Gasteiger partial charge in [0.25, 0.3) is 0 Å². The van der Waals surface area contributed by atoms with Crippen molar-refractivity contribution in [3.63, 3.8) is 0 Å². The number of hydrogen-bond donors (Lipinski definition) is 0. The van der Waals surface area contributed by atoms with E-state index in [0.717, 1.165) is 5.56 Å². The fourth-order valence-electron chi connectivity index (χ4n) is 2.19. The van der Waals surface area contributed by atoms with E-state index in [0.29, 0.717) is 10.6 Å². The van der Waals surface area contributed by atoms with Crippen LogP contribution in [0.15, 0.2) is 82.8 Å². The van der Waals surface area contributed by atoms with E-state index >= 15 is 0 Å². The van der Waals surface area contributed by atoms with Crippen molar-refractivity contribution >= 4 is 21.4 Å². The average molecular weight is 330 g/mol. The van der Waals surface area contributed by atoms with Crippen LogP contribution in [0.4, 0.5) is 0 Å². The van der Waals surface area contributed by atoms with Gasteiger partial charge in [-0.25, -0.2) is 13.4 Å². The number of pyridine rings is 1. The van der Waals surface area contributed by atoms with Crippen LogP contribution in [0, 0.1) is 0 Å². The second-order valence-corrected chi connectivity index (χ2v) is 6.98. The van der Waals surface area contributed by atoms with Crippen LogP contribution in [0.1, 0.15) is 0 Å². The smallest absolute Gasteiger partial charge is 0.224 e. The molecule has 3 rings (SSSR count). The fraction of sp³-hybridized carbons (Fsp3) is 0. The van der Waals surface area contributed by atoms with Crippen molar-refractivity contribution in [2.45, 2.75) is 9.92 Å². The first-order chi connectivity index (χ1) is 10.6. The van der Waals surface area contributed by atoms with Crippen LogP contribution in [-0.4, -0.2) is 13.4 Å². The largest absolute Gasteiger partial charge is 0.244 e. The van der Waals surface area contributed by atoms with Crippen LogP contribution < -0.4 is 0 Å². The first-order valence-electron chi connectivity index (χ1n) is 6.60. The Balaban J connectivity index is 2.21. The van der Waals surface area contributed by atoms with Crippen LogP contribution in [0.5, 0.6) is 0 Å². The Bertz CT molecular complexity index is 909. The van der Waals surface area contributed by atoms with E-state index < -0.39 is 9.84 Å². The lowest BCUT2D eigenvalue weighted by Gasteiger charge is -2.10. The van der Waals surface area contributed by atoms with Crippen molar-refractivity contribution in [1.82, 2.24) is 4.98 Å². The quantitative estimate of drug-likeness (QED) is 0.722. The minimum Gasteiger partial charge on any atom is -0.244 e. The van der Waals surface area contributed by atoms with Gasteiger partial charge in [-0.3, -0.25) is 0 Å². The molecule has 0 aliphatic carbocycles. The van der Waals surface area contributed by atoms with Crippen molar-refractivity contribution in [3.8, 4) is 11.1 Å². The molecule has 3 aromatic rings. The molecule has 1 aromatic heterocycles. The van der Waals surface area contributed by atoms with Gasteiger partial charge in [0.15, 0.2) is 5.03 Å². The van der Waals surface area contributed by atoms with E-state index in [1.54, 1.807) is 60.7 Å². The number of benzene rings is 2. The number of nitrogens with zero attached hydrogens (tertiary/aromatic N) is 1. The normalized spacial score (nSPS) is 11.3. The predicted octanol–water partition coefficient (Wildman–Crippen LogP) is 4.23. The van der Waals surface area contributed by atoms with Gasteiger partial charge in [-0.1, -0.05) is 41.9 Å². The van der Waals surface area contributed by atoms with Crippen LogP contribution >= 0.6 is 11.6 Å². The van der Waals surface area contributed by atoms with E-state index in [1.807, 2.05) is 6.07 Å². The molecule has 0 unspecified atom stereocenters. The zero-order valence-electron chi connectivity index (χ0n) is 11.5. The summed E-state index contributed by atoms with van der Waals surface area (Å²) in [5, 5.41) is 0.577. The van der Waals surface area contributed by atoms with Gasteiger partial charge in [0.2, 0.25) is 9.84 Å². The molecule has 1 heterocycles. The lowest BCUT2D eigenvalue weighted by Crippen LogP contribution is -2.06. The van der Waals surface area contributed by atoms with Crippen LogP contribution in [0.3, 0.4) is 0 Å². The Morgan fingerprint density at radius 2 is 1.64 bits per heavy atom. The Labute approximate surface area is 134 Å². The molecular weight excluding hydrogens is 318 g/mol. The van der Waals surface area contributed by atoms with E-state index in [1.165, 1.54) is 6.20 Å². The number of sulfone groups is 1. The van der Waals surface area contributed by atoms with Crippen molar-refractivity contribution < 1.29 is 8.42 Å². The van der Waals surface area contributed by atoms with E-state index in [2.05, 4.69) is 4.98 Å². The van der Waals surface area contributed by atoms with Gasteiger partial charge in [0.1, 0.15) is 0 Å². The lowest BCUT2D eigenvalue weighted by atomic mass is 10.1. The summed E-state index contributed by atoms with van der Waals surface area (Å²) in [7, 11) is -3.68. The number of rotatable bonds is 3. The Morgan fingerprint density at radius 3 is 2.36 bits per heavy atom. The maximum Gasteiger partial charge on any atom is 0.224 e. The third-order valence-electron chi connectivity index (χ3n) is 3.21. The molecular formula is C17H12ClNO2S. The molecule has 110 valence electrons.